The van der Waals surface area contributed by atoms with Gasteiger partial charge in [0.15, 0.2) is 23.0 Å². The first-order valence-electron chi connectivity index (χ1n) is 17.3. The highest BCUT2D eigenvalue weighted by Gasteiger charge is 2.37. The van der Waals surface area contributed by atoms with Crippen molar-refractivity contribution in [2.45, 2.75) is 19.3 Å². The Hall–Kier alpha value is -6.68. The number of halogens is 6. The maximum absolute atomic E-state index is 14.3. The van der Waals surface area contributed by atoms with Crippen LogP contribution in [0.5, 0.6) is 23.0 Å². The lowest BCUT2D eigenvalue weighted by Crippen LogP contribution is -2.21. The third kappa shape index (κ3) is 5.81. The van der Waals surface area contributed by atoms with Crippen LogP contribution in [0.25, 0.3) is 22.3 Å². The highest BCUT2D eigenvalue weighted by Crippen LogP contribution is 2.59. The lowest BCUT2D eigenvalue weighted by atomic mass is 9.88. The molecular formula is C45H28F6N2O2. The van der Waals surface area contributed by atoms with Gasteiger partial charge < -0.3 is 19.3 Å². The highest BCUT2D eigenvalue weighted by atomic mass is 19.4. The molecule has 0 atom stereocenters. The first-order chi connectivity index (χ1) is 26.5. The molecule has 0 saturated carbocycles. The van der Waals surface area contributed by atoms with Crippen LogP contribution in [0, 0.1) is 6.92 Å². The van der Waals surface area contributed by atoms with Gasteiger partial charge in [0.05, 0.1) is 45.3 Å². The van der Waals surface area contributed by atoms with Crippen LogP contribution in [-0.2, 0) is 12.4 Å². The fraction of sp³-hybridized carbons (Fsp3) is 0.0667. The Morgan fingerprint density at radius 1 is 0.400 bits per heavy atom. The minimum absolute atomic E-state index is 0.219. The van der Waals surface area contributed by atoms with Gasteiger partial charge in [-0.25, -0.2) is 0 Å². The molecular weight excluding hydrogens is 714 g/mol. The smallest absolute Gasteiger partial charge is 0.416 e. The van der Waals surface area contributed by atoms with E-state index in [1.165, 1.54) is 12.1 Å². The van der Waals surface area contributed by atoms with Crippen molar-refractivity contribution in [3.63, 3.8) is 0 Å². The molecule has 0 unspecified atom stereocenters. The van der Waals surface area contributed by atoms with Gasteiger partial charge in [0.25, 0.3) is 0 Å². The van der Waals surface area contributed by atoms with Crippen molar-refractivity contribution in [2.75, 3.05) is 9.80 Å². The number of rotatable bonds is 4. The molecule has 7 aromatic carbocycles. The van der Waals surface area contributed by atoms with E-state index >= 15 is 0 Å². The number of nitrogens with zero attached hydrogens (tertiary/aromatic N) is 2. The van der Waals surface area contributed by atoms with E-state index in [1.807, 2.05) is 114 Å². The highest BCUT2D eigenvalue weighted by molar-refractivity contribution is 6.04. The standard InChI is InChI=1S/C45H28F6N2O2/c1-27-42(52-34-16-2-6-20-38(34)54-39-21-7-3-17-35(39)52)32(28-12-10-14-30(24-28)44(46,47)48)26-33(29-13-11-15-31(25-29)45(49,50)51)43(27)53-36-18-4-8-22-40(36)55-41-23-9-5-19-37(41)53/h2-26H,1H3. The fourth-order valence-electron chi connectivity index (χ4n) is 7.43. The van der Waals surface area contributed by atoms with Crippen LogP contribution in [0.4, 0.5) is 60.5 Å². The monoisotopic (exact) mass is 742 g/mol. The Kier molecular flexibility index (Phi) is 7.89. The SMILES string of the molecule is Cc1c(N2c3ccccc3Oc3ccccc32)c(-c2cccc(C(F)(F)F)c2)cc(-c2cccc(C(F)(F)F)c2)c1N1c2ccccc2Oc2ccccc21. The zero-order valence-electron chi connectivity index (χ0n) is 28.9. The number of fused-ring (bicyclic) bond motifs is 4. The maximum Gasteiger partial charge on any atom is 0.416 e. The molecule has 4 nitrogen and oxygen atoms in total. The Labute approximate surface area is 312 Å². The third-order valence-electron chi connectivity index (χ3n) is 9.82. The molecule has 0 spiro atoms. The summed E-state index contributed by atoms with van der Waals surface area (Å²) in [5.41, 5.74) is 3.52. The van der Waals surface area contributed by atoms with Crippen molar-refractivity contribution >= 4 is 34.1 Å². The number of anilines is 6. The van der Waals surface area contributed by atoms with E-state index < -0.39 is 23.5 Å². The molecule has 0 bridgehead atoms. The van der Waals surface area contributed by atoms with Crippen LogP contribution in [0.15, 0.2) is 152 Å². The summed E-state index contributed by atoms with van der Waals surface area (Å²) >= 11 is 0. The molecule has 0 amide bonds. The number of alkyl halides is 6. The van der Waals surface area contributed by atoms with Gasteiger partial charge in [-0.2, -0.15) is 26.3 Å². The van der Waals surface area contributed by atoms with Gasteiger partial charge >= 0.3 is 12.4 Å². The van der Waals surface area contributed by atoms with Crippen LogP contribution in [0.1, 0.15) is 16.7 Å². The topological polar surface area (TPSA) is 24.9 Å². The Bertz CT molecular complexity index is 2370. The van der Waals surface area contributed by atoms with Crippen molar-refractivity contribution in [3.05, 3.63) is 168 Å². The first kappa shape index (κ1) is 34.1. The average molecular weight is 743 g/mol. The molecule has 272 valence electrons. The summed E-state index contributed by atoms with van der Waals surface area (Å²) in [5.74, 6) is 2.06. The van der Waals surface area contributed by atoms with E-state index in [0.717, 1.165) is 24.3 Å². The number of para-hydroxylation sites is 8. The summed E-state index contributed by atoms with van der Waals surface area (Å²) in [6.07, 6.45) is -9.32. The summed E-state index contributed by atoms with van der Waals surface area (Å²) in [5, 5.41) is 0. The molecule has 0 saturated heterocycles. The second-order valence-electron chi connectivity index (χ2n) is 13.2. The molecule has 0 fully saturated rings. The molecule has 2 aliphatic rings. The van der Waals surface area contributed by atoms with E-state index in [9.17, 15) is 26.3 Å². The van der Waals surface area contributed by atoms with Crippen LogP contribution in [-0.4, -0.2) is 0 Å². The minimum Gasteiger partial charge on any atom is -0.453 e. The van der Waals surface area contributed by atoms with E-state index in [2.05, 4.69) is 0 Å². The quantitative estimate of drug-likeness (QED) is 0.168. The van der Waals surface area contributed by atoms with Gasteiger partial charge in [0.2, 0.25) is 0 Å². The van der Waals surface area contributed by atoms with Gasteiger partial charge in [0.1, 0.15) is 0 Å². The molecule has 2 heterocycles. The second-order valence-corrected chi connectivity index (χ2v) is 13.2. The molecule has 2 aliphatic heterocycles. The van der Waals surface area contributed by atoms with Crippen molar-refractivity contribution in [1.29, 1.82) is 0 Å². The molecule has 7 aromatic rings. The van der Waals surface area contributed by atoms with Gasteiger partial charge in [-0.15, -0.1) is 0 Å². The molecule has 0 aromatic heterocycles. The predicted octanol–water partition coefficient (Wildman–Crippen LogP) is 14.5. The molecule has 10 heteroatoms. The Morgan fingerprint density at radius 2 is 0.727 bits per heavy atom. The minimum atomic E-state index is -4.66. The normalized spacial score (nSPS) is 13.2. The summed E-state index contributed by atoms with van der Waals surface area (Å²) in [6, 6.07) is 41.1. The van der Waals surface area contributed by atoms with E-state index in [4.69, 9.17) is 9.47 Å². The summed E-state index contributed by atoms with van der Waals surface area (Å²) in [6.45, 7) is 1.85. The number of ether oxygens (including phenoxy) is 2. The van der Waals surface area contributed by atoms with Gasteiger partial charge in [-0.05, 0) is 102 Å². The maximum atomic E-state index is 14.3. The zero-order chi connectivity index (χ0) is 38.1. The summed E-state index contributed by atoms with van der Waals surface area (Å²) < 4.78 is 98.8. The van der Waals surface area contributed by atoms with E-state index in [1.54, 1.807) is 18.2 Å². The van der Waals surface area contributed by atoms with Gasteiger partial charge in [-0.1, -0.05) is 72.8 Å². The number of benzene rings is 7. The number of hydrogen-bond donors (Lipinski definition) is 0. The van der Waals surface area contributed by atoms with Crippen molar-refractivity contribution in [1.82, 2.24) is 0 Å². The third-order valence-corrected chi connectivity index (χ3v) is 9.82. The van der Waals surface area contributed by atoms with Crippen molar-refractivity contribution in [2.24, 2.45) is 0 Å². The number of hydrogen-bond acceptors (Lipinski definition) is 4. The van der Waals surface area contributed by atoms with E-state index in [0.29, 0.717) is 73.8 Å². The largest absolute Gasteiger partial charge is 0.453 e. The Balaban J connectivity index is 1.46. The Morgan fingerprint density at radius 3 is 1.05 bits per heavy atom. The molecule has 0 aliphatic carbocycles. The summed E-state index contributed by atoms with van der Waals surface area (Å²) in [7, 11) is 0. The first-order valence-corrected chi connectivity index (χ1v) is 17.3. The second kappa shape index (κ2) is 12.7. The van der Waals surface area contributed by atoms with Crippen LogP contribution in [0.3, 0.4) is 0 Å². The molecule has 55 heavy (non-hydrogen) atoms. The fourth-order valence-corrected chi connectivity index (χ4v) is 7.43. The van der Waals surface area contributed by atoms with Crippen LogP contribution >= 0.6 is 0 Å². The van der Waals surface area contributed by atoms with Gasteiger partial charge in [0, 0.05) is 11.1 Å². The average Bonchev–Trinajstić information content (AvgIpc) is 3.18. The van der Waals surface area contributed by atoms with Crippen molar-refractivity contribution in [3.8, 4) is 45.3 Å². The predicted molar refractivity (Wildman–Crippen MR) is 202 cm³/mol. The van der Waals surface area contributed by atoms with Crippen LogP contribution in [0.2, 0.25) is 0 Å². The molecule has 9 rings (SSSR count). The van der Waals surface area contributed by atoms with Crippen LogP contribution < -0.4 is 19.3 Å². The van der Waals surface area contributed by atoms with E-state index in [-0.39, 0.29) is 11.1 Å². The molecule has 0 radical (unpaired) electrons. The molecule has 0 N–H and O–H groups in total. The zero-order valence-corrected chi connectivity index (χ0v) is 28.9. The van der Waals surface area contributed by atoms with Crippen molar-refractivity contribution < 1.29 is 35.8 Å². The summed E-state index contributed by atoms with van der Waals surface area (Å²) in [4.78, 5) is 3.91. The lowest BCUT2D eigenvalue weighted by Gasteiger charge is -2.39. The van der Waals surface area contributed by atoms with Gasteiger partial charge in [-0.3, -0.25) is 0 Å². The lowest BCUT2D eigenvalue weighted by molar-refractivity contribution is -0.138.